The van der Waals surface area contributed by atoms with Crippen molar-refractivity contribution in [2.45, 2.75) is 44.4 Å². The number of aromatic nitrogens is 2. The van der Waals surface area contributed by atoms with E-state index in [1.54, 1.807) is 19.0 Å². The van der Waals surface area contributed by atoms with E-state index in [0.717, 1.165) is 50.2 Å². The summed E-state index contributed by atoms with van der Waals surface area (Å²) >= 11 is 0. The Morgan fingerprint density at radius 3 is 2.34 bits per heavy atom. The van der Waals surface area contributed by atoms with E-state index in [-0.39, 0.29) is 17.4 Å². The third-order valence-corrected chi connectivity index (χ3v) is 7.33. The maximum Gasteiger partial charge on any atom is 0.287 e. The van der Waals surface area contributed by atoms with Crippen LogP contribution in [-0.2, 0) is 25.2 Å². The minimum atomic E-state index is -0.155. The number of rotatable bonds is 6. The lowest BCUT2D eigenvalue weighted by atomic mass is 9.72. The fraction of sp³-hybridized carbons (Fsp3) is 0.370. The van der Waals surface area contributed by atoms with Crippen molar-refractivity contribution >= 4 is 17.5 Å². The van der Waals surface area contributed by atoms with Crippen LogP contribution in [0, 0.1) is 0 Å². The molecule has 3 aromatic rings. The van der Waals surface area contributed by atoms with Gasteiger partial charge in [-0.2, -0.15) is 0 Å². The highest BCUT2D eigenvalue weighted by molar-refractivity contribution is 5.93. The van der Waals surface area contributed by atoms with Crippen molar-refractivity contribution in [1.82, 2.24) is 24.7 Å². The SMILES string of the molecule is CN(C)C(=O)c1ccc(CN2CCn3c(cnc3C(=O)NCc3ccc(N)cc3)C23CCC3)cc1. The van der Waals surface area contributed by atoms with E-state index >= 15 is 0 Å². The number of benzene rings is 2. The summed E-state index contributed by atoms with van der Waals surface area (Å²) in [5.41, 5.74) is 10.4. The molecule has 1 saturated carbocycles. The van der Waals surface area contributed by atoms with Gasteiger partial charge in [-0.3, -0.25) is 14.5 Å². The van der Waals surface area contributed by atoms with Gasteiger partial charge in [-0.05, 0) is 54.7 Å². The van der Waals surface area contributed by atoms with Crippen LogP contribution in [0.2, 0.25) is 0 Å². The quantitative estimate of drug-likeness (QED) is 0.538. The van der Waals surface area contributed by atoms with Crippen molar-refractivity contribution in [1.29, 1.82) is 0 Å². The average molecular weight is 473 g/mol. The molecule has 3 N–H and O–H groups in total. The first kappa shape index (κ1) is 23.1. The maximum atomic E-state index is 13.0. The molecule has 0 bridgehead atoms. The van der Waals surface area contributed by atoms with Crippen LogP contribution >= 0.6 is 0 Å². The number of nitrogens with two attached hydrogens (primary N) is 1. The summed E-state index contributed by atoms with van der Waals surface area (Å²) in [4.78, 5) is 33.9. The monoisotopic (exact) mass is 472 g/mol. The number of fused-ring (bicyclic) bond motifs is 2. The van der Waals surface area contributed by atoms with Crippen LogP contribution in [0.3, 0.4) is 0 Å². The molecule has 0 saturated heterocycles. The zero-order chi connectivity index (χ0) is 24.6. The highest BCUT2D eigenvalue weighted by Gasteiger charge is 2.48. The lowest BCUT2D eigenvalue weighted by Crippen LogP contribution is -2.56. The molecule has 2 aliphatic rings. The molecular weight excluding hydrogens is 440 g/mol. The molecule has 8 heteroatoms. The molecule has 1 fully saturated rings. The summed E-state index contributed by atoms with van der Waals surface area (Å²) < 4.78 is 2.10. The number of anilines is 1. The van der Waals surface area contributed by atoms with Crippen LogP contribution in [-0.4, -0.2) is 51.8 Å². The van der Waals surface area contributed by atoms with E-state index < -0.39 is 0 Å². The molecule has 1 aliphatic carbocycles. The lowest BCUT2D eigenvalue weighted by Gasteiger charge is -2.53. The number of carbonyl (C=O) groups excluding carboxylic acids is 2. The van der Waals surface area contributed by atoms with E-state index in [4.69, 9.17) is 5.73 Å². The van der Waals surface area contributed by atoms with Crippen LogP contribution in [0.4, 0.5) is 5.69 Å². The van der Waals surface area contributed by atoms with E-state index in [9.17, 15) is 9.59 Å². The minimum absolute atomic E-state index is 0.0103. The summed E-state index contributed by atoms with van der Waals surface area (Å²) in [5, 5.41) is 3.00. The van der Waals surface area contributed by atoms with Gasteiger partial charge in [-0.25, -0.2) is 4.98 Å². The summed E-state index contributed by atoms with van der Waals surface area (Å²) in [6.45, 7) is 2.81. The zero-order valence-corrected chi connectivity index (χ0v) is 20.3. The zero-order valence-electron chi connectivity index (χ0n) is 20.3. The Morgan fingerprint density at radius 2 is 1.71 bits per heavy atom. The number of carbonyl (C=O) groups is 2. The Kier molecular flexibility index (Phi) is 6.06. The van der Waals surface area contributed by atoms with E-state index in [2.05, 4.69) is 19.8 Å². The number of nitrogen functional groups attached to an aromatic ring is 1. The third-order valence-electron chi connectivity index (χ3n) is 7.33. The molecule has 0 unspecified atom stereocenters. The van der Waals surface area contributed by atoms with E-state index in [1.165, 1.54) is 5.56 Å². The Hall–Kier alpha value is -3.65. The van der Waals surface area contributed by atoms with Crippen molar-refractivity contribution in [3.8, 4) is 0 Å². The highest BCUT2D eigenvalue weighted by atomic mass is 16.2. The topological polar surface area (TPSA) is 96.5 Å². The van der Waals surface area contributed by atoms with Gasteiger partial charge in [0.2, 0.25) is 0 Å². The minimum Gasteiger partial charge on any atom is -0.399 e. The van der Waals surface area contributed by atoms with Gasteiger partial charge < -0.3 is 20.5 Å². The van der Waals surface area contributed by atoms with Crippen LogP contribution in [0.1, 0.15) is 57.1 Å². The molecule has 1 spiro atoms. The van der Waals surface area contributed by atoms with E-state index in [1.807, 2.05) is 54.7 Å². The number of hydrogen-bond acceptors (Lipinski definition) is 5. The van der Waals surface area contributed by atoms with Crippen molar-refractivity contribution in [3.63, 3.8) is 0 Å². The molecule has 2 amide bonds. The number of amides is 2. The second-order valence-electron chi connectivity index (χ2n) is 9.75. The Balaban J connectivity index is 1.31. The standard InChI is InChI=1S/C27H32N6O2/c1-31(2)26(35)21-8-4-20(5-9-21)18-32-14-15-33-23(27(32)12-3-13-27)17-29-24(33)25(34)30-16-19-6-10-22(28)11-7-19/h4-11,17H,3,12-16,18,28H2,1-2H3,(H,30,34). The van der Waals surface area contributed by atoms with E-state index in [0.29, 0.717) is 23.6 Å². The number of nitrogens with zero attached hydrogens (tertiary/aromatic N) is 4. The fourth-order valence-electron chi connectivity index (χ4n) is 5.19. The van der Waals surface area contributed by atoms with Crippen LogP contribution in [0.5, 0.6) is 0 Å². The Morgan fingerprint density at radius 1 is 1.03 bits per heavy atom. The molecule has 0 atom stereocenters. The normalized spacial score (nSPS) is 16.4. The first-order valence-corrected chi connectivity index (χ1v) is 12.1. The van der Waals surface area contributed by atoms with Crippen LogP contribution in [0.15, 0.2) is 54.7 Å². The van der Waals surface area contributed by atoms with Crippen LogP contribution < -0.4 is 11.1 Å². The first-order valence-electron chi connectivity index (χ1n) is 12.1. The highest BCUT2D eigenvalue weighted by Crippen LogP contribution is 2.49. The first-order chi connectivity index (χ1) is 16.9. The molecular formula is C27H32N6O2. The predicted molar refractivity (Wildman–Crippen MR) is 135 cm³/mol. The van der Waals surface area contributed by atoms with Crippen molar-refractivity contribution < 1.29 is 9.59 Å². The number of nitrogens with one attached hydrogen (secondary N) is 1. The van der Waals surface area contributed by atoms with Gasteiger partial charge in [0.1, 0.15) is 0 Å². The molecule has 2 heterocycles. The van der Waals surface area contributed by atoms with Gasteiger partial charge >= 0.3 is 0 Å². The molecule has 8 nitrogen and oxygen atoms in total. The van der Waals surface area contributed by atoms with Gasteiger partial charge in [-0.15, -0.1) is 0 Å². The summed E-state index contributed by atoms with van der Waals surface area (Å²) in [6.07, 6.45) is 5.17. The molecule has 35 heavy (non-hydrogen) atoms. The summed E-state index contributed by atoms with van der Waals surface area (Å²) in [7, 11) is 3.53. The van der Waals surface area contributed by atoms with Gasteiger partial charge in [0.15, 0.2) is 5.82 Å². The third kappa shape index (κ3) is 4.30. The average Bonchev–Trinajstić information content (AvgIpc) is 3.27. The molecule has 1 aliphatic heterocycles. The van der Waals surface area contributed by atoms with Crippen LogP contribution in [0.25, 0.3) is 0 Å². The molecule has 2 aromatic carbocycles. The van der Waals surface area contributed by atoms with Gasteiger partial charge in [0.25, 0.3) is 11.8 Å². The predicted octanol–water partition coefficient (Wildman–Crippen LogP) is 2.99. The summed E-state index contributed by atoms with van der Waals surface area (Å²) in [6, 6.07) is 15.4. The fourth-order valence-corrected chi connectivity index (χ4v) is 5.19. The number of imidazole rings is 1. The second-order valence-corrected chi connectivity index (χ2v) is 9.75. The van der Waals surface area contributed by atoms with Crippen molar-refractivity contribution in [3.05, 3.63) is 82.9 Å². The van der Waals surface area contributed by atoms with Crippen molar-refractivity contribution in [2.24, 2.45) is 0 Å². The lowest BCUT2D eigenvalue weighted by molar-refractivity contribution is -0.0217. The maximum absolute atomic E-state index is 13.0. The molecule has 0 radical (unpaired) electrons. The summed E-state index contributed by atoms with van der Waals surface area (Å²) in [5.74, 6) is 0.334. The molecule has 5 rings (SSSR count). The molecule has 1 aromatic heterocycles. The Bertz CT molecular complexity index is 1230. The van der Waals surface area contributed by atoms with Crippen molar-refractivity contribution in [2.75, 3.05) is 26.4 Å². The largest absolute Gasteiger partial charge is 0.399 e. The number of hydrogen-bond donors (Lipinski definition) is 2. The van der Waals surface area contributed by atoms with Gasteiger partial charge in [0, 0.05) is 51.5 Å². The smallest absolute Gasteiger partial charge is 0.287 e. The van der Waals surface area contributed by atoms with Gasteiger partial charge in [-0.1, -0.05) is 24.3 Å². The second kappa shape index (κ2) is 9.19. The molecule has 182 valence electrons. The van der Waals surface area contributed by atoms with Gasteiger partial charge in [0.05, 0.1) is 17.4 Å². The Labute approximate surface area is 205 Å².